The Balaban J connectivity index is 1.67. The molecule has 1 N–H and O–H groups in total. The van der Waals surface area contributed by atoms with Crippen LogP contribution in [0.1, 0.15) is 41.9 Å². The average Bonchev–Trinajstić information content (AvgIpc) is 3.25. The molecule has 1 unspecified atom stereocenters. The fraction of sp³-hybridized carbons (Fsp3) is 0.375. The number of aromatic nitrogens is 2. The van der Waals surface area contributed by atoms with Crippen molar-refractivity contribution in [2.45, 2.75) is 31.3 Å². The Hall–Kier alpha value is -2.10. The molecule has 1 aromatic heterocycles. The summed E-state index contributed by atoms with van der Waals surface area (Å²) in [6.45, 7) is 0. The minimum Gasteiger partial charge on any atom is -0.482 e. The summed E-state index contributed by atoms with van der Waals surface area (Å²) in [6.07, 6.45) is 3.28. The maximum atomic E-state index is 5.99. The zero-order valence-corrected chi connectivity index (χ0v) is 11.5. The van der Waals surface area contributed by atoms with E-state index in [1.54, 1.807) is 0 Å². The third-order valence-electron chi connectivity index (χ3n) is 3.95. The minimum atomic E-state index is -0.0572. The van der Waals surface area contributed by atoms with E-state index in [-0.39, 0.29) is 6.10 Å². The molecule has 1 aromatic carbocycles. The molecule has 0 spiro atoms. The van der Waals surface area contributed by atoms with Gasteiger partial charge in [-0.1, -0.05) is 18.2 Å². The first kappa shape index (κ1) is 11.7. The smallest absolute Gasteiger partial charge is 0.172 e. The van der Waals surface area contributed by atoms with Crippen molar-refractivity contribution >= 4 is 5.82 Å². The Morgan fingerprint density at radius 3 is 2.80 bits per heavy atom. The lowest BCUT2D eigenvalue weighted by Gasteiger charge is -2.12. The van der Waals surface area contributed by atoms with Crippen molar-refractivity contribution in [3.05, 3.63) is 47.4 Å². The van der Waals surface area contributed by atoms with Crippen LogP contribution in [0.3, 0.4) is 0 Å². The van der Waals surface area contributed by atoms with E-state index in [2.05, 4.69) is 22.4 Å². The molecule has 4 heteroatoms. The maximum absolute atomic E-state index is 5.99. The predicted octanol–water partition coefficient (Wildman–Crippen LogP) is 3.07. The minimum absolute atomic E-state index is 0.0572. The number of rotatable bonds is 3. The standard InChI is InChI=1S/C16H17N3O/c1-17-15-9-12(10-6-7-10)18-16(19-15)14-8-11-4-2-3-5-13(11)20-14/h2-5,9-10,14H,6-8H2,1H3,(H,17,18,19). The third-order valence-corrected chi connectivity index (χ3v) is 3.95. The molecular formula is C16H17N3O. The predicted molar refractivity (Wildman–Crippen MR) is 77.1 cm³/mol. The second kappa shape index (κ2) is 4.47. The zero-order chi connectivity index (χ0) is 13.5. The molecule has 20 heavy (non-hydrogen) atoms. The van der Waals surface area contributed by atoms with E-state index in [9.17, 15) is 0 Å². The monoisotopic (exact) mass is 267 g/mol. The SMILES string of the molecule is CNc1cc(C2CC2)nc(C2Cc3ccccc3O2)n1. The van der Waals surface area contributed by atoms with Crippen molar-refractivity contribution in [3.63, 3.8) is 0 Å². The molecule has 2 aliphatic rings. The highest BCUT2D eigenvalue weighted by Crippen LogP contribution is 2.41. The van der Waals surface area contributed by atoms with Gasteiger partial charge in [-0.15, -0.1) is 0 Å². The summed E-state index contributed by atoms with van der Waals surface area (Å²) >= 11 is 0. The number of ether oxygens (including phenoxy) is 1. The largest absolute Gasteiger partial charge is 0.482 e. The Bertz CT molecular complexity index is 627. The molecule has 1 fully saturated rings. The Labute approximate surface area is 118 Å². The van der Waals surface area contributed by atoms with Crippen LogP contribution in [0, 0.1) is 0 Å². The molecule has 1 aliphatic heterocycles. The van der Waals surface area contributed by atoms with Crippen molar-refractivity contribution < 1.29 is 4.74 Å². The number of benzene rings is 1. The molecular weight excluding hydrogens is 250 g/mol. The van der Waals surface area contributed by atoms with Gasteiger partial charge < -0.3 is 10.1 Å². The summed E-state index contributed by atoms with van der Waals surface area (Å²) in [6, 6.07) is 10.2. The third kappa shape index (κ3) is 2.01. The molecule has 4 nitrogen and oxygen atoms in total. The Morgan fingerprint density at radius 2 is 2.05 bits per heavy atom. The average molecular weight is 267 g/mol. The summed E-state index contributed by atoms with van der Waals surface area (Å²) in [5.74, 6) is 3.27. The van der Waals surface area contributed by atoms with Crippen LogP contribution in [-0.4, -0.2) is 17.0 Å². The second-order valence-corrected chi connectivity index (χ2v) is 5.48. The van der Waals surface area contributed by atoms with Gasteiger partial charge in [0.15, 0.2) is 11.9 Å². The van der Waals surface area contributed by atoms with E-state index in [1.807, 2.05) is 25.2 Å². The van der Waals surface area contributed by atoms with Crippen LogP contribution < -0.4 is 10.1 Å². The van der Waals surface area contributed by atoms with Crippen molar-refractivity contribution in [2.75, 3.05) is 12.4 Å². The summed E-state index contributed by atoms with van der Waals surface area (Å²) in [4.78, 5) is 9.31. The molecule has 1 atom stereocenters. The molecule has 0 amide bonds. The maximum Gasteiger partial charge on any atom is 0.172 e. The number of nitrogens with one attached hydrogen (secondary N) is 1. The first-order valence-corrected chi connectivity index (χ1v) is 7.14. The van der Waals surface area contributed by atoms with E-state index in [4.69, 9.17) is 9.72 Å². The van der Waals surface area contributed by atoms with Crippen LogP contribution in [-0.2, 0) is 6.42 Å². The van der Waals surface area contributed by atoms with Crippen LogP contribution in [0.4, 0.5) is 5.82 Å². The Morgan fingerprint density at radius 1 is 1.20 bits per heavy atom. The fourth-order valence-corrected chi connectivity index (χ4v) is 2.67. The molecule has 2 heterocycles. The fourth-order valence-electron chi connectivity index (χ4n) is 2.67. The molecule has 2 aromatic rings. The molecule has 0 bridgehead atoms. The van der Waals surface area contributed by atoms with Crippen LogP contribution >= 0.6 is 0 Å². The molecule has 0 saturated heterocycles. The molecule has 1 aliphatic carbocycles. The van der Waals surface area contributed by atoms with Gasteiger partial charge in [0.25, 0.3) is 0 Å². The van der Waals surface area contributed by atoms with E-state index in [1.165, 1.54) is 18.4 Å². The van der Waals surface area contributed by atoms with Crippen molar-refractivity contribution in [1.82, 2.24) is 9.97 Å². The summed E-state index contributed by atoms with van der Waals surface area (Å²) in [7, 11) is 1.90. The van der Waals surface area contributed by atoms with Crippen LogP contribution in [0.5, 0.6) is 5.75 Å². The number of anilines is 1. The van der Waals surface area contributed by atoms with Gasteiger partial charge in [-0.05, 0) is 24.5 Å². The zero-order valence-electron chi connectivity index (χ0n) is 11.5. The summed E-state index contributed by atoms with van der Waals surface area (Å²) < 4.78 is 5.99. The normalized spacial score (nSPS) is 20.4. The highest BCUT2D eigenvalue weighted by atomic mass is 16.5. The van der Waals surface area contributed by atoms with Gasteiger partial charge in [-0.2, -0.15) is 0 Å². The lowest BCUT2D eigenvalue weighted by Crippen LogP contribution is -2.11. The second-order valence-electron chi connectivity index (χ2n) is 5.48. The van der Waals surface area contributed by atoms with Crippen LogP contribution in [0.15, 0.2) is 30.3 Å². The number of hydrogen-bond donors (Lipinski definition) is 1. The van der Waals surface area contributed by atoms with Gasteiger partial charge in [0.2, 0.25) is 0 Å². The van der Waals surface area contributed by atoms with Gasteiger partial charge in [-0.3, -0.25) is 0 Å². The highest BCUT2D eigenvalue weighted by Gasteiger charge is 2.30. The summed E-state index contributed by atoms with van der Waals surface area (Å²) in [5, 5.41) is 3.13. The van der Waals surface area contributed by atoms with E-state index in [0.29, 0.717) is 5.92 Å². The van der Waals surface area contributed by atoms with E-state index in [0.717, 1.165) is 29.5 Å². The lowest BCUT2D eigenvalue weighted by atomic mass is 10.1. The number of nitrogens with zero attached hydrogens (tertiary/aromatic N) is 2. The van der Waals surface area contributed by atoms with E-state index >= 15 is 0 Å². The van der Waals surface area contributed by atoms with Crippen LogP contribution in [0.25, 0.3) is 0 Å². The highest BCUT2D eigenvalue weighted by molar-refractivity contribution is 5.41. The van der Waals surface area contributed by atoms with Gasteiger partial charge in [0, 0.05) is 31.1 Å². The van der Waals surface area contributed by atoms with E-state index < -0.39 is 0 Å². The Kier molecular flexibility index (Phi) is 2.62. The first-order chi connectivity index (χ1) is 9.83. The lowest BCUT2D eigenvalue weighted by molar-refractivity contribution is 0.227. The van der Waals surface area contributed by atoms with Crippen molar-refractivity contribution in [2.24, 2.45) is 0 Å². The molecule has 4 rings (SSSR count). The summed E-state index contributed by atoms with van der Waals surface area (Å²) in [5.41, 5.74) is 2.39. The number of para-hydroxylation sites is 1. The topological polar surface area (TPSA) is 47.0 Å². The quantitative estimate of drug-likeness (QED) is 0.928. The first-order valence-electron chi connectivity index (χ1n) is 7.14. The van der Waals surface area contributed by atoms with Gasteiger partial charge in [0.05, 0.1) is 0 Å². The molecule has 1 saturated carbocycles. The molecule has 0 radical (unpaired) electrons. The number of fused-ring (bicyclic) bond motifs is 1. The van der Waals surface area contributed by atoms with Gasteiger partial charge in [0.1, 0.15) is 11.6 Å². The van der Waals surface area contributed by atoms with Crippen molar-refractivity contribution in [1.29, 1.82) is 0 Å². The van der Waals surface area contributed by atoms with Crippen molar-refractivity contribution in [3.8, 4) is 5.75 Å². The van der Waals surface area contributed by atoms with Gasteiger partial charge in [-0.25, -0.2) is 9.97 Å². The number of hydrogen-bond acceptors (Lipinski definition) is 4. The molecule has 102 valence electrons. The van der Waals surface area contributed by atoms with Crippen LogP contribution in [0.2, 0.25) is 0 Å². The van der Waals surface area contributed by atoms with Gasteiger partial charge >= 0.3 is 0 Å².